The maximum absolute atomic E-state index is 13.5. The zero-order valence-electron chi connectivity index (χ0n) is 21.2. The summed E-state index contributed by atoms with van der Waals surface area (Å²) in [6.45, 7) is 4.56. The van der Waals surface area contributed by atoms with E-state index in [2.05, 4.69) is 16.7 Å². The van der Waals surface area contributed by atoms with Gasteiger partial charge in [0.1, 0.15) is 23.9 Å². The number of hydrogen-bond donors (Lipinski definition) is 4. The molecular weight excluding hydrogens is 472 g/mol. The van der Waals surface area contributed by atoms with Gasteiger partial charge in [-0.3, -0.25) is 14.4 Å². The van der Waals surface area contributed by atoms with Crippen LogP contribution in [0, 0.1) is 17.2 Å². The number of aliphatic hydroxyl groups is 1. The van der Waals surface area contributed by atoms with Crippen LogP contribution in [0.1, 0.15) is 49.8 Å². The lowest BCUT2D eigenvalue weighted by Crippen LogP contribution is -2.55. The summed E-state index contributed by atoms with van der Waals surface area (Å²) in [5.74, 6) is -1.08. The van der Waals surface area contributed by atoms with Gasteiger partial charge in [0.15, 0.2) is 0 Å². The molecule has 4 N–H and O–H groups in total. The average molecular weight is 507 g/mol. The molecule has 0 aliphatic carbocycles. The molecule has 2 aromatic rings. The van der Waals surface area contributed by atoms with E-state index in [4.69, 9.17) is 5.26 Å². The molecule has 1 aliphatic heterocycles. The third-order valence-corrected chi connectivity index (χ3v) is 6.38. The highest BCUT2D eigenvalue weighted by atomic mass is 16.3. The lowest BCUT2D eigenvalue weighted by molar-refractivity contribution is -0.143. The second-order valence-electron chi connectivity index (χ2n) is 9.79. The smallest absolute Gasteiger partial charge is 0.249 e. The van der Waals surface area contributed by atoms with Crippen molar-refractivity contribution in [2.24, 2.45) is 5.92 Å². The Morgan fingerprint density at radius 1 is 1.08 bits per heavy atom. The van der Waals surface area contributed by atoms with Crippen LogP contribution in [0.25, 0.3) is 0 Å². The van der Waals surface area contributed by atoms with Crippen LogP contribution in [0.4, 0.5) is 0 Å². The van der Waals surface area contributed by atoms with Gasteiger partial charge in [-0.2, -0.15) is 5.26 Å². The maximum Gasteiger partial charge on any atom is 0.249 e. The molecule has 0 saturated carbocycles. The number of benzene rings is 2. The van der Waals surface area contributed by atoms with Gasteiger partial charge in [-0.15, -0.1) is 0 Å². The highest BCUT2D eigenvalue weighted by molar-refractivity contribution is 5.93. The van der Waals surface area contributed by atoms with Crippen LogP contribution in [0.5, 0.6) is 5.75 Å². The minimum atomic E-state index is -1.36. The molecule has 1 fully saturated rings. The fraction of sp³-hybridized carbons (Fsp3) is 0.429. The summed E-state index contributed by atoms with van der Waals surface area (Å²) in [4.78, 5) is 40.7. The lowest BCUT2D eigenvalue weighted by Gasteiger charge is -2.30. The number of phenolic OH excluding ortho intramolecular Hbond substituents is 1. The van der Waals surface area contributed by atoms with Crippen molar-refractivity contribution < 1.29 is 24.6 Å². The van der Waals surface area contributed by atoms with E-state index >= 15 is 0 Å². The van der Waals surface area contributed by atoms with Crippen LogP contribution in [0.2, 0.25) is 0 Å². The van der Waals surface area contributed by atoms with E-state index in [1.165, 1.54) is 17.0 Å². The summed E-state index contributed by atoms with van der Waals surface area (Å²) in [6.07, 6.45) is 0.242. The molecule has 0 unspecified atom stereocenters. The van der Waals surface area contributed by atoms with Gasteiger partial charge in [0.05, 0.1) is 11.6 Å². The van der Waals surface area contributed by atoms with Crippen molar-refractivity contribution in [3.05, 3.63) is 65.2 Å². The second kappa shape index (κ2) is 12.9. The molecule has 0 bridgehead atoms. The summed E-state index contributed by atoms with van der Waals surface area (Å²) < 4.78 is 0. The van der Waals surface area contributed by atoms with E-state index in [1.54, 1.807) is 36.4 Å². The molecule has 9 nitrogen and oxygen atoms in total. The first-order chi connectivity index (χ1) is 17.7. The highest BCUT2D eigenvalue weighted by Gasteiger charge is 2.38. The van der Waals surface area contributed by atoms with Crippen LogP contribution in [-0.2, 0) is 27.3 Å². The van der Waals surface area contributed by atoms with Gasteiger partial charge in [0, 0.05) is 19.5 Å². The number of aromatic hydroxyl groups is 1. The second-order valence-corrected chi connectivity index (χ2v) is 9.79. The first-order valence-corrected chi connectivity index (χ1v) is 12.5. The quantitative estimate of drug-likeness (QED) is 0.388. The summed E-state index contributed by atoms with van der Waals surface area (Å²) in [5.41, 5.74) is 2.05. The number of rotatable bonds is 10. The Labute approximate surface area is 217 Å². The summed E-state index contributed by atoms with van der Waals surface area (Å²) in [7, 11) is 0. The van der Waals surface area contributed by atoms with Crippen LogP contribution >= 0.6 is 0 Å². The van der Waals surface area contributed by atoms with Gasteiger partial charge in [-0.05, 0) is 60.6 Å². The van der Waals surface area contributed by atoms with Gasteiger partial charge in [-0.25, -0.2) is 0 Å². The third-order valence-electron chi connectivity index (χ3n) is 6.38. The van der Waals surface area contributed by atoms with Gasteiger partial charge >= 0.3 is 0 Å². The molecule has 196 valence electrons. The normalized spacial score (nSPS) is 16.6. The summed E-state index contributed by atoms with van der Waals surface area (Å²) in [5, 5.41) is 34.4. The number of nitrogens with zero attached hydrogens (tertiary/aromatic N) is 2. The number of carbonyl (C=O) groups is 3. The van der Waals surface area contributed by atoms with E-state index in [0.717, 1.165) is 5.56 Å². The minimum absolute atomic E-state index is 0.0405. The molecule has 3 amide bonds. The third kappa shape index (κ3) is 7.79. The van der Waals surface area contributed by atoms with Gasteiger partial charge in [-0.1, -0.05) is 38.1 Å². The van der Waals surface area contributed by atoms with E-state index in [1.807, 2.05) is 13.8 Å². The molecule has 9 heteroatoms. The van der Waals surface area contributed by atoms with E-state index in [-0.39, 0.29) is 36.4 Å². The van der Waals surface area contributed by atoms with Gasteiger partial charge in [0.25, 0.3) is 0 Å². The maximum atomic E-state index is 13.5. The van der Waals surface area contributed by atoms with Crippen molar-refractivity contribution in [2.45, 2.75) is 64.3 Å². The van der Waals surface area contributed by atoms with Crippen molar-refractivity contribution in [3.8, 4) is 11.8 Å². The Balaban J connectivity index is 1.62. The number of likely N-dealkylation sites (tertiary alicyclic amines) is 1. The molecule has 3 rings (SSSR count). The fourth-order valence-electron chi connectivity index (χ4n) is 4.42. The highest BCUT2D eigenvalue weighted by Crippen LogP contribution is 2.21. The van der Waals surface area contributed by atoms with Crippen LogP contribution < -0.4 is 10.6 Å². The molecule has 37 heavy (non-hydrogen) atoms. The molecule has 1 saturated heterocycles. The van der Waals surface area contributed by atoms with Gasteiger partial charge < -0.3 is 25.7 Å². The monoisotopic (exact) mass is 506 g/mol. The molecule has 1 aliphatic rings. The average Bonchev–Trinajstić information content (AvgIpc) is 3.38. The number of hydrogen-bond acceptors (Lipinski definition) is 6. The SMILES string of the molecule is CC(C)C[C@@H](NC(=O)[C@H](O)Cc1ccc(O)cc1)C(=O)N1CCC[C@H]1C(=O)NCc1ccc(C#N)cc1. The zero-order valence-corrected chi connectivity index (χ0v) is 21.2. The van der Waals surface area contributed by atoms with E-state index < -0.39 is 24.1 Å². The Hall–Kier alpha value is -3.90. The number of phenols is 1. The van der Waals surface area contributed by atoms with Crippen LogP contribution in [0.15, 0.2) is 48.5 Å². The molecule has 3 atom stereocenters. The topological polar surface area (TPSA) is 143 Å². The fourth-order valence-corrected chi connectivity index (χ4v) is 4.42. The molecule has 0 spiro atoms. The Morgan fingerprint density at radius 2 is 1.73 bits per heavy atom. The first-order valence-electron chi connectivity index (χ1n) is 12.5. The Kier molecular flexibility index (Phi) is 9.64. The molecule has 0 aromatic heterocycles. The zero-order chi connectivity index (χ0) is 26.9. The number of aliphatic hydroxyl groups excluding tert-OH is 1. The lowest BCUT2D eigenvalue weighted by atomic mass is 10.0. The van der Waals surface area contributed by atoms with Crippen molar-refractivity contribution in [1.29, 1.82) is 5.26 Å². The summed E-state index contributed by atoms with van der Waals surface area (Å²) >= 11 is 0. The predicted octanol–water partition coefficient (Wildman–Crippen LogP) is 2.01. The largest absolute Gasteiger partial charge is 0.508 e. The van der Waals surface area contributed by atoms with Crippen molar-refractivity contribution in [1.82, 2.24) is 15.5 Å². The van der Waals surface area contributed by atoms with Crippen LogP contribution in [-0.4, -0.2) is 57.6 Å². The number of carbonyl (C=O) groups excluding carboxylic acids is 3. The minimum Gasteiger partial charge on any atom is -0.508 e. The van der Waals surface area contributed by atoms with Crippen molar-refractivity contribution in [3.63, 3.8) is 0 Å². The Bertz CT molecular complexity index is 1120. The van der Waals surface area contributed by atoms with Crippen molar-refractivity contribution >= 4 is 17.7 Å². The van der Waals surface area contributed by atoms with Crippen LogP contribution in [0.3, 0.4) is 0 Å². The molecule has 1 heterocycles. The first kappa shape index (κ1) is 27.7. The standard InChI is InChI=1S/C28H34N4O5/c1-18(2)14-23(31-27(36)25(34)15-19-9-11-22(33)12-10-19)28(37)32-13-3-4-24(32)26(35)30-17-21-7-5-20(16-29)6-8-21/h5-12,18,23-25,33-34H,3-4,13-15,17H2,1-2H3,(H,30,35)(H,31,36)/t23-,24+,25-/m1/s1. The number of nitrogens with one attached hydrogen (secondary N) is 2. The number of amides is 3. The van der Waals surface area contributed by atoms with E-state index in [9.17, 15) is 24.6 Å². The predicted molar refractivity (Wildman–Crippen MR) is 137 cm³/mol. The van der Waals surface area contributed by atoms with E-state index in [0.29, 0.717) is 36.9 Å². The van der Waals surface area contributed by atoms with Crippen molar-refractivity contribution in [2.75, 3.05) is 6.54 Å². The molecule has 0 radical (unpaired) electrons. The Morgan fingerprint density at radius 3 is 2.35 bits per heavy atom. The molecular formula is C28H34N4O5. The van der Waals surface area contributed by atoms with Gasteiger partial charge in [0.2, 0.25) is 17.7 Å². The number of nitriles is 1. The summed E-state index contributed by atoms with van der Waals surface area (Å²) in [6, 6.07) is 13.6. The molecule has 2 aromatic carbocycles.